The number of nitro benzene ring substituents is 1. The number of nitrogens with zero attached hydrogens (tertiary/aromatic N) is 5. The first kappa shape index (κ1) is 22.4. The molecule has 2 rings (SSSR count). The monoisotopic (exact) mass is 414 g/mol. The summed E-state index contributed by atoms with van der Waals surface area (Å²) in [6.45, 7) is 0. The van der Waals surface area contributed by atoms with E-state index < -0.39 is 4.92 Å². The largest absolute Gasteiger partial charge is 0.494 e. The quantitative estimate of drug-likeness (QED) is 0.225. The van der Waals surface area contributed by atoms with Crippen LogP contribution in [0.2, 0.25) is 0 Å². The SMILES string of the molecule is COc1cc([N+]#N)c(OC)cc1/N=N/c1ccc([N+](=O)[O-])cc1.Cl.[Zn]. The molecule has 0 heterocycles. The first-order valence-electron chi connectivity index (χ1n) is 6.36. The van der Waals surface area contributed by atoms with Gasteiger partial charge in [-0.2, -0.15) is 5.11 Å². The number of azo groups is 1. The van der Waals surface area contributed by atoms with E-state index in [-0.39, 0.29) is 43.3 Å². The fourth-order valence-electron chi connectivity index (χ4n) is 1.77. The second kappa shape index (κ2) is 10.3. The molecule has 0 spiro atoms. The number of rotatable bonds is 5. The summed E-state index contributed by atoms with van der Waals surface area (Å²) in [6.07, 6.45) is 0. The summed E-state index contributed by atoms with van der Waals surface area (Å²) in [5, 5.41) is 27.5. The van der Waals surface area contributed by atoms with Gasteiger partial charge in [0, 0.05) is 37.7 Å². The van der Waals surface area contributed by atoms with E-state index in [0.717, 1.165) is 0 Å². The van der Waals surface area contributed by atoms with Crippen molar-refractivity contribution in [3.63, 3.8) is 0 Å². The van der Waals surface area contributed by atoms with Crippen molar-refractivity contribution < 1.29 is 33.9 Å². The summed E-state index contributed by atoms with van der Waals surface area (Å²) < 4.78 is 10.2. The van der Waals surface area contributed by atoms with Crippen molar-refractivity contribution in [3.05, 3.63) is 51.5 Å². The third kappa shape index (κ3) is 5.45. The minimum Gasteiger partial charge on any atom is -0.494 e. The number of halogens is 1. The molecule has 25 heavy (non-hydrogen) atoms. The average molecular weight is 416 g/mol. The second-order valence-corrected chi connectivity index (χ2v) is 4.27. The molecule has 0 aromatic heterocycles. The molecule has 0 aliphatic carbocycles. The third-order valence-electron chi connectivity index (χ3n) is 2.92. The number of methoxy groups -OCH3 is 2. The Morgan fingerprint density at radius 3 is 2.16 bits per heavy atom. The summed E-state index contributed by atoms with van der Waals surface area (Å²) >= 11 is 0. The van der Waals surface area contributed by atoms with Crippen LogP contribution >= 0.6 is 12.4 Å². The van der Waals surface area contributed by atoms with Crippen LogP contribution in [0.4, 0.5) is 22.7 Å². The Morgan fingerprint density at radius 2 is 1.68 bits per heavy atom. The van der Waals surface area contributed by atoms with E-state index in [0.29, 0.717) is 22.9 Å². The molecule has 2 aromatic carbocycles. The molecule has 0 N–H and O–H groups in total. The number of benzene rings is 2. The van der Waals surface area contributed by atoms with E-state index >= 15 is 0 Å². The molecule has 0 aliphatic heterocycles. The van der Waals surface area contributed by atoms with Crippen molar-refractivity contribution in [1.29, 1.82) is 5.39 Å². The van der Waals surface area contributed by atoms with E-state index in [1.54, 1.807) is 0 Å². The second-order valence-electron chi connectivity index (χ2n) is 4.27. The van der Waals surface area contributed by atoms with E-state index in [1.807, 2.05) is 0 Å². The Kier molecular flexibility index (Phi) is 9.20. The molecule has 9 nitrogen and oxygen atoms in total. The first-order valence-corrected chi connectivity index (χ1v) is 6.36. The Balaban J connectivity index is 0.00000288. The van der Waals surface area contributed by atoms with Crippen molar-refractivity contribution in [2.45, 2.75) is 0 Å². The maximum absolute atomic E-state index is 10.6. The van der Waals surface area contributed by atoms with Crippen LogP contribution in [-0.4, -0.2) is 19.1 Å². The normalized spacial score (nSPS) is 9.48. The molecule has 2 aromatic rings. The van der Waals surface area contributed by atoms with Crippen LogP contribution in [0.3, 0.4) is 0 Å². The van der Waals surface area contributed by atoms with E-state index in [4.69, 9.17) is 14.9 Å². The molecule has 0 amide bonds. The predicted molar refractivity (Wildman–Crippen MR) is 88.8 cm³/mol. The minimum atomic E-state index is -0.494. The van der Waals surface area contributed by atoms with Crippen LogP contribution < -0.4 is 9.47 Å². The Labute approximate surface area is 162 Å². The maximum Gasteiger partial charge on any atom is 0.430 e. The molecule has 0 aliphatic rings. The van der Waals surface area contributed by atoms with Gasteiger partial charge in [0.15, 0.2) is 10.7 Å². The van der Waals surface area contributed by atoms with Crippen molar-refractivity contribution in [1.82, 2.24) is 0 Å². The number of non-ortho nitro benzene ring substituents is 1. The summed E-state index contributed by atoms with van der Waals surface area (Å²) in [5.74, 6) is 0.634. The van der Waals surface area contributed by atoms with Crippen molar-refractivity contribution in [2.75, 3.05) is 14.2 Å². The van der Waals surface area contributed by atoms with Crippen molar-refractivity contribution >= 4 is 35.2 Å². The van der Waals surface area contributed by atoms with Crippen LogP contribution in [0.1, 0.15) is 0 Å². The van der Waals surface area contributed by atoms with Gasteiger partial charge in [-0.05, 0) is 12.1 Å². The zero-order valence-corrected chi connectivity index (χ0v) is 17.2. The standard InChI is InChI=1S/C14H12N5O4.ClH.Zn/c1-22-13-8-12(14(23-2)7-11(13)16-15)18-17-9-3-5-10(6-4-9)19(20)21;;/h3-8H,1-2H3;1H;/q+1;;/b18-17+;;. The summed E-state index contributed by atoms with van der Waals surface area (Å²) in [4.78, 5) is 13.2. The van der Waals surface area contributed by atoms with Gasteiger partial charge in [0.1, 0.15) is 5.69 Å². The van der Waals surface area contributed by atoms with Gasteiger partial charge in [0.05, 0.1) is 30.9 Å². The summed E-state index contributed by atoms with van der Waals surface area (Å²) in [7, 11) is 2.86. The smallest absolute Gasteiger partial charge is 0.430 e. The molecule has 0 fully saturated rings. The molecule has 0 unspecified atom stereocenters. The van der Waals surface area contributed by atoms with Crippen LogP contribution in [0, 0.1) is 15.5 Å². The van der Waals surface area contributed by atoms with Gasteiger partial charge in [-0.3, -0.25) is 10.1 Å². The summed E-state index contributed by atoms with van der Waals surface area (Å²) in [5.41, 5.74) is 0.957. The molecular formula is C14H13ClN5O4Zn+. The predicted octanol–water partition coefficient (Wildman–Crippen LogP) is 4.93. The molecule has 0 bridgehead atoms. The number of hydrogen-bond donors (Lipinski definition) is 0. The average Bonchev–Trinajstić information content (AvgIpc) is 2.59. The molecule has 0 saturated heterocycles. The number of hydrogen-bond acceptors (Lipinski definition) is 7. The van der Waals surface area contributed by atoms with Gasteiger partial charge in [-0.15, -0.1) is 17.5 Å². The van der Waals surface area contributed by atoms with Crippen LogP contribution in [-0.2, 0) is 19.5 Å². The molecule has 11 heteroatoms. The molecule has 0 atom stereocenters. The minimum absolute atomic E-state index is 0. The zero-order chi connectivity index (χ0) is 16.8. The molecule has 126 valence electrons. The van der Waals surface area contributed by atoms with Crippen LogP contribution in [0.15, 0.2) is 46.6 Å². The van der Waals surface area contributed by atoms with Gasteiger partial charge in [0.2, 0.25) is 11.1 Å². The molecule has 0 saturated carbocycles. The summed E-state index contributed by atoms with van der Waals surface area (Å²) in [6, 6.07) is 8.57. The molecular weight excluding hydrogens is 403 g/mol. The Hall–Kier alpha value is -2.63. The van der Waals surface area contributed by atoms with Crippen LogP contribution in [0.5, 0.6) is 11.5 Å². The Bertz CT molecular complexity index is 808. The van der Waals surface area contributed by atoms with Gasteiger partial charge in [-0.1, -0.05) is 0 Å². The van der Waals surface area contributed by atoms with Crippen molar-refractivity contribution in [3.8, 4) is 11.5 Å². The van der Waals surface area contributed by atoms with Gasteiger partial charge in [0.25, 0.3) is 5.69 Å². The van der Waals surface area contributed by atoms with Gasteiger partial charge >= 0.3 is 5.69 Å². The van der Waals surface area contributed by atoms with E-state index in [2.05, 4.69) is 15.2 Å². The van der Waals surface area contributed by atoms with Crippen LogP contribution in [0.25, 0.3) is 4.98 Å². The van der Waals surface area contributed by atoms with Gasteiger partial charge < -0.3 is 9.47 Å². The van der Waals surface area contributed by atoms with Crippen molar-refractivity contribution in [2.24, 2.45) is 10.2 Å². The third-order valence-corrected chi connectivity index (χ3v) is 2.92. The number of ether oxygens (including phenoxy) is 2. The van der Waals surface area contributed by atoms with E-state index in [1.165, 1.54) is 50.6 Å². The molecule has 0 radical (unpaired) electrons. The van der Waals surface area contributed by atoms with E-state index in [9.17, 15) is 10.1 Å². The fourth-order valence-corrected chi connectivity index (χ4v) is 1.77. The van der Waals surface area contributed by atoms with Gasteiger partial charge in [-0.25, -0.2) is 0 Å². The topological polar surface area (TPSA) is 114 Å². The maximum atomic E-state index is 10.6. The number of diazo groups is 1. The zero-order valence-electron chi connectivity index (χ0n) is 13.4. The first-order chi connectivity index (χ1) is 11.1. The Morgan fingerprint density at radius 1 is 1.08 bits per heavy atom. The number of nitro groups is 1. The fraction of sp³-hybridized carbons (Fsp3) is 0.143.